The van der Waals surface area contributed by atoms with Crippen LogP contribution in [-0.2, 0) is 0 Å². The Labute approximate surface area is 113 Å². The Morgan fingerprint density at radius 1 is 0.824 bits per heavy atom. The third-order valence-electron chi connectivity index (χ3n) is 1.36. The van der Waals surface area contributed by atoms with Gasteiger partial charge in [0.05, 0.1) is 0 Å². The van der Waals surface area contributed by atoms with Crippen LogP contribution in [0.5, 0.6) is 0 Å². The van der Waals surface area contributed by atoms with Gasteiger partial charge >= 0.3 is 0 Å². The Kier molecular flexibility index (Phi) is 10.4. The molecule has 2 heterocycles. The van der Waals surface area contributed by atoms with Gasteiger partial charge in [0.2, 0.25) is 0 Å². The first-order valence-corrected chi connectivity index (χ1v) is 6.29. The fourth-order valence-corrected chi connectivity index (χ4v) is 1.05. The number of aromatic amines is 2. The van der Waals surface area contributed by atoms with Crippen molar-refractivity contribution in [3.05, 3.63) is 58.1 Å². The molecule has 0 radical (unpaired) electrons. The highest BCUT2D eigenvalue weighted by Gasteiger charge is 1.66. The summed E-state index contributed by atoms with van der Waals surface area (Å²) in [6.45, 7) is 4.25. The molecule has 2 aromatic heterocycles. The van der Waals surface area contributed by atoms with Gasteiger partial charge in [0, 0.05) is 12.4 Å². The maximum absolute atomic E-state index is 4.76. The standard InChI is InChI=1S/2C5H5NS.C3H8/c2*7-5-3-1-2-4-6-5;1-3-2/h2*1-4H,(H,6,7);3H2,1-2H3. The molecule has 2 rings (SSSR count). The highest BCUT2D eigenvalue weighted by atomic mass is 32.1. The van der Waals surface area contributed by atoms with E-state index in [1.54, 1.807) is 0 Å². The first kappa shape index (κ1) is 15.7. The van der Waals surface area contributed by atoms with Gasteiger partial charge in [-0.05, 0) is 24.3 Å². The van der Waals surface area contributed by atoms with E-state index in [1.165, 1.54) is 6.42 Å². The zero-order valence-corrected chi connectivity index (χ0v) is 11.8. The molecular weight excluding hydrogens is 248 g/mol. The largest absolute Gasteiger partial charge is 0.353 e. The van der Waals surface area contributed by atoms with Gasteiger partial charge in [-0.15, -0.1) is 0 Å². The highest BCUT2D eigenvalue weighted by molar-refractivity contribution is 7.71. The maximum atomic E-state index is 4.76. The summed E-state index contributed by atoms with van der Waals surface area (Å²) in [6.07, 6.45) is 4.87. The predicted octanol–water partition coefficient (Wildman–Crippen LogP) is 4.90. The third kappa shape index (κ3) is 11.0. The molecule has 0 fully saturated rings. The predicted molar refractivity (Wildman–Crippen MR) is 79.2 cm³/mol. The Morgan fingerprint density at radius 2 is 1.18 bits per heavy atom. The number of nitrogens with one attached hydrogen (secondary N) is 2. The van der Waals surface area contributed by atoms with E-state index in [0.717, 1.165) is 9.28 Å². The molecule has 0 bridgehead atoms. The summed E-state index contributed by atoms with van der Waals surface area (Å²) in [5.41, 5.74) is 0. The van der Waals surface area contributed by atoms with Crippen LogP contribution < -0.4 is 0 Å². The maximum Gasteiger partial charge on any atom is 0.103 e. The van der Waals surface area contributed by atoms with E-state index in [-0.39, 0.29) is 0 Å². The number of rotatable bonds is 0. The zero-order chi connectivity index (χ0) is 12.9. The molecule has 0 saturated carbocycles. The fourth-order valence-electron chi connectivity index (χ4n) is 0.754. The average Bonchev–Trinajstić information content (AvgIpc) is 2.33. The van der Waals surface area contributed by atoms with Crippen LogP contribution in [0.25, 0.3) is 0 Å². The Bertz CT molecular complexity index is 408. The molecule has 0 aliphatic heterocycles. The summed E-state index contributed by atoms with van der Waals surface area (Å²) in [7, 11) is 0. The van der Waals surface area contributed by atoms with Crippen LogP contribution in [0, 0.1) is 9.28 Å². The van der Waals surface area contributed by atoms with Crippen molar-refractivity contribution < 1.29 is 0 Å². The first-order valence-electron chi connectivity index (χ1n) is 5.48. The van der Waals surface area contributed by atoms with Crippen molar-refractivity contribution in [1.82, 2.24) is 9.97 Å². The number of hydrogen-bond acceptors (Lipinski definition) is 2. The Hall–Kier alpha value is -1.26. The van der Waals surface area contributed by atoms with E-state index < -0.39 is 0 Å². The van der Waals surface area contributed by atoms with Crippen molar-refractivity contribution in [3.63, 3.8) is 0 Å². The summed E-state index contributed by atoms with van der Waals surface area (Å²) in [6, 6.07) is 11.3. The molecule has 0 saturated heterocycles. The van der Waals surface area contributed by atoms with Crippen molar-refractivity contribution in [2.45, 2.75) is 20.3 Å². The van der Waals surface area contributed by atoms with E-state index >= 15 is 0 Å². The van der Waals surface area contributed by atoms with Gasteiger partial charge in [0.15, 0.2) is 0 Å². The topological polar surface area (TPSA) is 31.6 Å². The minimum atomic E-state index is 0.780. The summed E-state index contributed by atoms with van der Waals surface area (Å²) >= 11 is 9.51. The molecule has 0 spiro atoms. The lowest BCUT2D eigenvalue weighted by atomic mass is 10.5. The van der Waals surface area contributed by atoms with Gasteiger partial charge < -0.3 is 9.97 Å². The normalized spacial score (nSPS) is 8.12. The van der Waals surface area contributed by atoms with Crippen LogP contribution in [0.15, 0.2) is 48.8 Å². The minimum Gasteiger partial charge on any atom is -0.353 e. The molecule has 4 heteroatoms. The summed E-state index contributed by atoms with van der Waals surface area (Å²) in [4.78, 5) is 5.69. The van der Waals surface area contributed by atoms with Crippen molar-refractivity contribution in [2.24, 2.45) is 0 Å². The quantitative estimate of drug-likeness (QED) is 0.664. The van der Waals surface area contributed by atoms with Gasteiger partial charge in [0.25, 0.3) is 0 Å². The highest BCUT2D eigenvalue weighted by Crippen LogP contribution is 1.81. The Balaban J connectivity index is 0.000000247. The number of H-pyrrole nitrogens is 2. The molecular formula is C13H18N2S2. The molecule has 17 heavy (non-hydrogen) atoms. The van der Waals surface area contributed by atoms with Crippen LogP contribution >= 0.6 is 24.4 Å². The van der Waals surface area contributed by atoms with Crippen molar-refractivity contribution in [3.8, 4) is 0 Å². The van der Waals surface area contributed by atoms with Gasteiger partial charge in [-0.2, -0.15) is 0 Å². The second-order valence-electron chi connectivity index (χ2n) is 3.16. The Morgan fingerprint density at radius 3 is 1.29 bits per heavy atom. The lowest BCUT2D eigenvalue weighted by Crippen LogP contribution is -1.64. The summed E-state index contributed by atoms with van der Waals surface area (Å²) in [5, 5.41) is 0. The van der Waals surface area contributed by atoms with Crippen LogP contribution in [-0.4, -0.2) is 9.97 Å². The molecule has 0 amide bonds. The second-order valence-corrected chi connectivity index (χ2v) is 4.04. The first-order chi connectivity index (χ1) is 8.20. The van der Waals surface area contributed by atoms with E-state index in [0.29, 0.717) is 0 Å². The van der Waals surface area contributed by atoms with Crippen LogP contribution in [0.2, 0.25) is 0 Å². The van der Waals surface area contributed by atoms with Gasteiger partial charge in [0.1, 0.15) is 9.28 Å². The van der Waals surface area contributed by atoms with Crippen molar-refractivity contribution in [2.75, 3.05) is 0 Å². The molecule has 0 aromatic carbocycles. The number of aromatic nitrogens is 2. The zero-order valence-electron chi connectivity index (χ0n) is 10.1. The van der Waals surface area contributed by atoms with Crippen molar-refractivity contribution in [1.29, 1.82) is 0 Å². The van der Waals surface area contributed by atoms with Gasteiger partial charge in [-0.3, -0.25) is 0 Å². The smallest absolute Gasteiger partial charge is 0.103 e. The van der Waals surface area contributed by atoms with Crippen molar-refractivity contribution >= 4 is 24.4 Å². The SMILES string of the molecule is CCC.S=c1cccc[nH]1.S=c1cccc[nH]1. The molecule has 0 unspecified atom stereocenters. The van der Waals surface area contributed by atoms with Crippen LogP contribution in [0.3, 0.4) is 0 Å². The number of pyridine rings is 2. The summed E-state index contributed by atoms with van der Waals surface area (Å²) < 4.78 is 1.56. The third-order valence-corrected chi connectivity index (χ3v) is 1.87. The fraction of sp³-hybridized carbons (Fsp3) is 0.231. The lowest BCUT2D eigenvalue weighted by molar-refractivity contribution is 1.09. The van der Waals surface area contributed by atoms with E-state index in [1.807, 2.05) is 48.8 Å². The molecule has 0 atom stereocenters. The van der Waals surface area contributed by atoms with E-state index in [4.69, 9.17) is 24.4 Å². The second kappa shape index (κ2) is 11.2. The van der Waals surface area contributed by atoms with Gasteiger partial charge in [-0.25, -0.2) is 0 Å². The van der Waals surface area contributed by atoms with Crippen LogP contribution in [0.4, 0.5) is 0 Å². The monoisotopic (exact) mass is 266 g/mol. The van der Waals surface area contributed by atoms with E-state index in [9.17, 15) is 0 Å². The van der Waals surface area contributed by atoms with Gasteiger partial charge in [-0.1, -0.05) is 56.8 Å². The molecule has 2 N–H and O–H groups in total. The molecule has 0 aliphatic carbocycles. The van der Waals surface area contributed by atoms with Crippen LogP contribution in [0.1, 0.15) is 20.3 Å². The molecule has 92 valence electrons. The lowest BCUT2D eigenvalue weighted by Gasteiger charge is -1.76. The molecule has 2 nitrogen and oxygen atoms in total. The van der Waals surface area contributed by atoms with E-state index in [2.05, 4.69) is 23.8 Å². The summed E-state index contributed by atoms with van der Waals surface area (Å²) in [5.74, 6) is 0. The molecule has 2 aromatic rings. The molecule has 0 aliphatic rings. The number of hydrogen-bond donors (Lipinski definition) is 2. The minimum absolute atomic E-state index is 0.780. The average molecular weight is 266 g/mol.